The molecule has 0 aromatic carbocycles. The van der Waals surface area contributed by atoms with Gasteiger partial charge in [0.1, 0.15) is 10.8 Å². The molecule has 0 saturated carbocycles. The van der Waals surface area contributed by atoms with Gasteiger partial charge in [-0.05, 0) is 31.4 Å². The van der Waals surface area contributed by atoms with Gasteiger partial charge in [0.05, 0.1) is 16.5 Å². The highest BCUT2D eigenvalue weighted by molar-refractivity contribution is 7.14. The van der Waals surface area contributed by atoms with Crippen LogP contribution >= 0.6 is 11.3 Å². The second kappa shape index (κ2) is 7.93. The van der Waals surface area contributed by atoms with Gasteiger partial charge >= 0.3 is 0 Å². The van der Waals surface area contributed by atoms with E-state index in [0.29, 0.717) is 46.2 Å². The van der Waals surface area contributed by atoms with E-state index in [2.05, 4.69) is 15.3 Å². The Kier molecular flexibility index (Phi) is 5.62. The maximum atomic E-state index is 13.0. The van der Waals surface area contributed by atoms with Gasteiger partial charge in [-0.3, -0.25) is 14.4 Å². The number of aromatic nitrogens is 2. The Bertz CT molecular complexity index is 878. The van der Waals surface area contributed by atoms with Crippen LogP contribution in [0.2, 0.25) is 0 Å². The van der Waals surface area contributed by atoms with Crippen molar-refractivity contribution in [1.29, 1.82) is 0 Å². The molecule has 2 aromatic rings. The molecule has 0 bridgehead atoms. The Hall–Kier alpha value is -2.65. The Morgan fingerprint density at radius 3 is 2.78 bits per heavy atom. The zero-order valence-corrected chi connectivity index (χ0v) is 15.8. The van der Waals surface area contributed by atoms with Crippen molar-refractivity contribution in [3.63, 3.8) is 0 Å². The van der Waals surface area contributed by atoms with E-state index < -0.39 is 17.9 Å². The van der Waals surface area contributed by atoms with E-state index in [1.807, 2.05) is 0 Å². The number of hydrogen-bond acceptors (Lipinski definition) is 8. The second-order valence-corrected chi connectivity index (χ2v) is 7.23. The van der Waals surface area contributed by atoms with Gasteiger partial charge in [-0.25, -0.2) is 9.97 Å². The van der Waals surface area contributed by atoms with Crippen LogP contribution in [0.1, 0.15) is 49.7 Å². The lowest BCUT2D eigenvalue weighted by Crippen LogP contribution is -2.23. The highest BCUT2D eigenvalue weighted by Gasteiger charge is 2.35. The highest BCUT2D eigenvalue weighted by Crippen LogP contribution is 2.33. The number of carbonyl (C=O) groups is 3. The van der Waals surface area contributed by atoms with Crippen molar-refractivity contribution < 1.29 is 19.1 Å². The van der Waals surface area contributed by atoms with Crippen LogP contribution in [0.25, 0.3) is 0 Å². The van der Waals surface area contributed by atoms with E-state index >= 15 is 0 Å². The molecule has 3 rings (SSSR count). The summed E-state index contributed by atoms with van der Waals surface area (Å²) in [6.45, 7) is 0. The molecule has 1 amide bonds. The number of nitrogens with two attached hydrogens (primary N) is 1. The number of amides is 1. The fraction of sp³-hybridized carbons (Fsp3) is 0.389. The zero-order chi connectivity index (χ0) is 19.6. The largest absolute Gasteiger partial charge is 0.373 e. The van der Waals surface area contributed by atoms with E-state index in [4.69, 9.17) is 10.5 Å². The summed E-state index contributed by atoms with van der Waals surface area (Å²) >= 11 is 1.08. The van der Waals surface area contributed by atoms with Crippen molar-refractivity contribution in [2.45, 2.75) is 25.4 Å². The summed E-state index contributed by atoms with van der Waals surface area (Å²) in [7, 11) is 3.10. The van der Waals surface area contributed by atoms with Crippen molar-refractivity contribution in [2.24, 2.45) is 11.7 Å². The number of hydrogen-bond donors (Lipinski definition) is 2. The molecule has 27 heavy (non-hydrogen) atoms. The van der Waals surface area contributed by atoms with Crippen molar-refractivity contribution in [3.05, 3.63) is 39.5 Å². The number of primary amides is 1. The summed E-state index contributed by atoms with van der Waals surface area (Å²) in [5.41, 5.74) is 6.32. The van der Waals surface area contributed by atoms with Crippen molar-refractivity contribution in [1.82, 2.24) is 9.97 Å². The number of nitrogens with zero attached hydrogens (tertiary/aromatic N) is 2. The van der Waals surface area contributed by atoms with Gasteiger partial charge in [-0.2, -0.15) is 0 Å². The molecule has 1 aliphatic carbocycles. The molecule has 0 saturated heterocycles. The lowest BCUT2D eigenvalue weighted by molar-refractivity contribution is -0.128. The monoisotopic (exact) mass is 388 g/mol. The molecule has 3 N–H and O–H groups in total. The standard InChI is InChI=1S/C18H20N4O4S/c1-20-12-7-6-9(8-21-12)13(23)10-4-3-5-11-16(14(10)24)27-18(22-11)15(26-2)17(19)25/h6-8,10,15H,3-5H2,1-2H3,(H2,19,25)(H,20,21). The molecular weight excluding hydrogens is 368 g/mol. The third-order valence-corrected chi connectivity index (χ3v) is 5.66. The molecule has 142 valence electrons. The molecule has 0 fully saturated rings. The number of methoxy groups -OCH3 is 1. The lowest BCUT2D eigenvalue weighted by atomic mass is 9.91. The molecule has 1 aliphatic rings. The number of fused-ring (bicyclic) bond motifs is 1. The normalized spacial score (nSPS) is 17.7. The predicted octanol–water partition coefficient (Wildman–Crippen LogP) is 1.77. The Labute approximate surface area is 160 Å². The van der Waals surface area contributed by atoms with Crippen LogP contribution in [0.4, 0.5) is 5.82 Å². The lowest BCUT2D eigenvalue weighted by Gasteiger charge is -2.12. The Morgan fingerprint density at radius 1 is 1.41 bits per heavy atom. The minimum absolute atomic E-state index is 0.254. The number of carbonyl (C=O) groups excluding carboxylic acids is 3. The van der Waals surface area contributed by atoms with E-state index in [-0.39, 0.29) is 11.6 Å². The van der Waals surface area contributed by atoms with Gasteiger partial charge in [0.15, 0.2) is 17.7 Å². The van der Waals surface area contributed by atoms with Gasteiger partial charge in [0.25, 0.3) is 5.91 Å². The molecule has 0 aliphatic heterocycles. The molecule has 0 radical (unpaired) electrons. The third kappa shape index (κ3) is 3.74. The topological polar surface area (TPSA) is 124 Å². The maximum Gasteiger partial charge on any atom is 0.253 e. The van der Waals surface area contributed by atoms with Crippen LogP contribution in [-0.2, 0) is 16.0 Å². The number of Topliss-reactive ketones (excluding diaryl/α,β-unsaturated/α-hetero) is 2. The Morgan fingerprint density at radius 2 is 2.19 bits per heavy atom. The smallest absolute Gasteiger partial charge is 0.253 e. The van der Waals surface area contributed by atoms with E-state index in [9.17, 15) is 14.4 Å². The van der Waals surface area contributed by atoms with Crippen LogP contribution in [-0.4, -0.2) is 41.6 Å². The molecule has 0 spiro atoms. The molecule has 9 heteroatoms. The molecule has 2 atom stereocenters. The van der Waals surface area contributed by atoms with Crippen molar-refractivity contribution >= 4 is 34.6 Å². The van der Waals surface area contributed by atoms with Crippen LogP contribution in [0.15, 0.2) is 18.3 Å². The molecule has 8 nitrogen and oxygen atoms in total. The highest BCUT2D eigenvalue weighted by atomic mass is 32.1. The molecule has 2 aromatic heterocycles. The van der Waals surface area contributed by atoms with Gasteiger partial charge < -0.3 is 15.8 Å². The number of pyridine rings is 1. The van der Waals surface area contributed by atoms with E-state index in [1.54, 1.807) is 19.2 Å². The first kappa shape index (κ1) is 19.1. The number of nitrogens with one attached hydrogen (secondary N) is 1. The van der Waals surface area contributed by atoms with Crippen LogP contribution in [0.3, 0.4) is 0 Å². The summed E-state index contributed by atoms with van der Waals surface area (Å²) in [4.78, 5) is 46.4. The fourth-order valence-corrected chi connectivity index (χ4v) is 4.28. The van der Waals surface area contributed by atoms with Crippen molar-refractivity contribution in [2.75, 3.05) is 19.5 Å². The summed E-state index contributed by atoms with van der Waals surface area (Å²) < 4.78 is 5.09. The summed E-state index contributed by atoms with van der Waals surface area (Å²) in [5.74, 6) is -1.33. The summed E-state index contributed by atoms with van der Waals surface area (Å²) in [6, 6.07) is 3.35. The number of ketones is 2. The first-order valence-electron chi connectivity index (χ1n) is 8.50. The molecular formula is C18H20N4O4S. The number of rotatable bonds is 6. The number of anilines is 1. The van der Waals surface area contributed by atoms with Gasteiger partial charge in [0, 0.05) is 25.9 Å². The number of thiazole rings is 1. The molecule has 2 unspecified atom stereocenters. The third-order valence-electron chi connectivity index (χ3n) is 4.50. The Balaban J connectivity index is 1.90. The first-order chi connectivity index (χ1) is 13.0. The van der Waals surface area contributed by atoms with E-state index in [0.717, 1.165) is 11.3 Å². The SMILES string of the molecule is CNc1ccc(C(=O)C2CCCc3nc(C(OC)C(N)=O)sc3C2=O)cn1. The average Bonchev–Trinajstić information content (AvgIpc) is 3.01. The first-order valence-corrected chi connectivity index (χ1v) is 9.31. The minimum atomic E-state index is -0.998. The zero-order valence-electron chi connectivity index (χ0n) is 15.0. The summed E-state index contributed by atoms with van der Waals surface area (Å²) in [5, 5.41) is 3.23. The second-order valence-electron chi connectivity index (χ2n) is 6.20. The minimum Gasteiger partial charge on any atom is -0.373 e. The maximum absolute atomic E-state index is 13.0. The van der Waals surface area contributed by atoms with Crippen LogP contribution < -0.4 is 11.1 Å². The van der Waals surface area contributed by atoms with Gasteiger partial charge in [-0.15, -0.1) is 11.3 Å². The quantitative estimate of drug-likeness (QED) is 0.439. The fourth-order valence-electron chi connectivity index (χ4n) is 3.08. The summed E-state index contributed by atoms with van der Waals surface area (Å²) in [6.07, 6.45) is 2.14. The van der Waals surface area contributed by atoms with E-state index in [1.165, 1.54) is 13.3 Å². The van der Waals surface area contributed by atoms with Crippen LogP contribution in [0, 0.1) is 5.92 Å². The van der Waals surface area contributed by atoms with Crippen molar-refractivity contribution in [3.8, 4) is 0 Å². The number of ether oxygens (including phenoxy) is 1. The van der Waals surface area contributed by atoms with Crippen LogP contribution in [0.5, 0.6) is 0 Å². The number of aryl methyl sites for hydroxylation is 1. The average molecular weight is 388 g/mol. The van der Waals surface area contributed by atoms with Gasteiger partial charge in [-0.1, -0.05) is 0 Å². The predicted molar refractivity (Wildman–Crippen MR) is 99.9 cm³/mol. The molecule has 2 heterocycles. The van der Waals surface area contributed by atoms with Gasteiger partial charge in [0.2, 0.25) is 0 Å².